The van der Waals surface area contributed by atoms with Crippen molar-refractivity contribution in [3.8, 4) is 5.75 Å². The Kier molecular flexibility index (Phi) is 7.49. The lowest BCUT2D eigenvalue weighted by Gasteiger charge is -2.25. The highest BCUT2D eigenvalue weighted by Crippen LogP contribution is 2.34. The first kappa shape index (κ1) is 23.7. The molecule has 0 unspecified atom stereocenters. The Morgan fingerprint density at radius 1 is 1.17 bits per heavy atom. The highest BCUT2D eigenvalue weighted by molar-refractivity contribution is 7.92. The van der Waals surface area contributed by atoms with E-state index in [1.807, 2.05) is 20.8 Å². The minimum Gasteiger partial charge on any atom is -0.495 e. The van der Waals surface area contributed by atoms with Crippen molar-refractivity contribution in [3.63, 3.8) is 0 Å². The van der Waals surface area contributed by atoms with Crippen LogP contribution in [0.1, 0.15) is 27.7 Å². The van der Waals surface area contributed by atoms with Crippen molar-refractivity contribution in [1.29, 1.82) is 0 Å². The molecular formula is C21H26ClN3O4S. The second-order valence-electron chi connectivity index (χ2n) is 7.62. The summed E-state index contributed by atoms with van der Waals surface area (Å²) in [6, 6.07) is 12.4. The van der Waals surface area contributed by atoms with Gasteiger partial charge in [0.2, 0.25) is 0 Å². The van der Waals surface area contributed by atoms with E-state index >= 15 is 0 Å². The fraction of sp³-hybridized carbons (Fsp3) is 0.333. The number of halogens is 1. The maximum absolute atomic E-state index is 13.4. The number of nitrogens with zero attached hydrogens (tertiary/aromatic N) is 2. The molecule has 0 atom stereocenters. The van der Waals surface area contributed by atoms with Gasteiger partial charge in [0.25, 0.3) is 15.9 Å². The second kappa shape index (κ2) is 9.49. The second-order valence-corrected chi connectivity index (χ2v) is 9.92. The van der Waals surface area contributed by atoms with Crippen LogP contribution in [0.3, 0.4) is 0 Å². The molecule has 0 aliphatic carbocycles. The summed E-state index contributed by atoms with van der Waals surface area (Å²) in [6.45, 7) is 7.16. The number of hydrogen-bond donors (Lipinski definition) is 1. The third kappa shape index (κ3) is 5.73. The average Bonchev–Trinajstić information content (AvgIpc) is 2.70. The quantitative estimate of drug-likeness (QED) is 0.507. The average molecular weight is 452 g/mol. The number of ether oxygens (including phenoxy) is 1. The maximum Gasteiger partial charge on any atom is 0.264 e. The van der Waals surface area contributed by atoms with Crippen molar-refractivity contribution in [2.45, 2.75) is 32.6 Å². The summed E-state index contributed by atoms with van der Waals surface area (Å²) in [5, 5.41) is 4.40. The van der Waals surface area contributed by atoms with Gasteiger partial charge in [-0.2, -0.15) is 5.10 Å². The molecule has 0 bridgehead atoms. The smallest absolute Gasteiger partial charge is 0.264 e. The summed E-state index contributed by atoms with van der Waals surface area (Å²) in [5.74, 6) is -0.332. The summed E-state index contributed by atoms with van der Waals surface area (Å²) < 4.78 is 33.0. The summed E-state index contributed by atoms with van der Waals surface area (Å²) in [5.41, 5.74) is 3.05. The first-order valence-corrected chi connectivity index (χ1v) is 11.0. The van der Waals surface area contributed by atoms with Gasteiger partial charge in [0.05, 0.1) is 17.7 Å². The first-order valence-electron chi connectivity index (χ1n) is 9.21. The Morgan fingerprint density at radius 2 is 1.80 bits per heavy atom. The molecule has 2 aromatic rings. The molecule has 2 rings (SSSR count). The van der Waals surface area contributed by atoms with E-state index in [0.717, 1.165) is 4.31 Å². The topological polar surface area (TPSA) is 88.1 Å². The fourth-order valence-electron chi connectivity index (χ4n) is 2.36. The Morgan fingerprint density at radius 3 is 2.37 bits per heavy atom. The number of hydrogen-bond acceptors (Lipinski definition) is 5. The lowest BCUT2D eigenvalue weighted by atomic mass is 9.91. The number of carbonyl (C=O) groups excluding carboxylic acids is 1. The first-order chi connectivity index (χ1) is 14.0. The number of carbonyl (C=O) groups is 1. The zero-order valence-electron chi connectivity index (χ0n) is 17.6. The van der Waals surface area contributed by atoms with Crippen molar-refractivity contribution in [3.05, 3.63) is 53.6 Å². The molecule has 0 fully saturated rings. The number of benzene rings is 2. The summed E-state index contributed by atoms with van der Waals surface area (Å²) >= 11 is 6.10. The molecule has 0 aliphatic heterocycles. The van der Waals surface area contributed by atoms with Gasteiger partial charge in [-0.05, 0) is 37.3 Å². The summed E-state index contributed by atoms with van der Waals surface area (Å²) in [6.07, 6.45) is 0. The lowest BCUT2D eigenvalue weighted by Crippen LogP contribution is -2.40. The number of rotatable bonds is 7. The Labute approximate surface area is 182 Å². The van der Waals surface area contributed by atoms with E-state index in [0.29, 0.717) is 10.7 Å². The monoisotopic (exact) mass is 451 g/mol. The van der Waals surface area contributed by atoms with Crippen LogP contribution in [0.5, 0.6) is 5.75 Å². The third-order valence-corrected chi connectivity index (χ3v) is 6.47. The molecule has 7 nitrogen and oxygen atoms in total. The predicted molar refractivity (Wildman–Crippen MR) is 120 cm³/mol. The van der Waals surface area contributed by atoms with Crippen LogP contribution in [0, 0.1) is 5.41 Å². The molecule has 1 N–H and O–H groups in total. The highest BCUT2D eigenvalue weighted by atomic mass is 35.5. The van der Waals surface area contributed by atoms with Gasteiger partial charge in [-0.25, -0.2) is 13.8 Å². The van der Waals surface area contributed by atoms with Crippen molar-refractivity contribution in [2.75, 3.05) is 18.0 Å². The normalized spacial score (nSPS) is 12.4. The van der Waals surface area contributed by atoms with Gasteiger partial charge in [0.1, 0.15) is 12.3 Å². The molecule has 0 heterocycles. The number of amides is 1. The van der Waals surface area contributed by atoms with E-state index in [2.05, 4.69) is 10.5 Å². The largest absolute Gasteiger partial charge is 0.495 e. The Hall–Kier alpha value is -2.58. The molecule has 2 aromatic carbocycles. The highest BCUT2D eigenvalue weighted by Gasteiger charge is 2.29. The van der Waals surface area contributed by atoms with Crippen LogP contribution in [0.2, 0.25) is 5.02 Å². The number of hydrazone groups is 1. The van der Waals surface area contributed by atoms with Crippen molar-refractivity contribution < 1.29 is 17.9 Å². The molecular weight excluding hydrogens is 426 g/mol. The van der Waals surface area contributed by atoms with Crippen LogP contribution in [-0.2, 0) is 14.8 Å². The Bertz CT molecular complexity index is 1030. The number of methoxy groups -OCH3 is 1. The zero-order valence-corrected chi connectivity index (χ0v) is 19.2. The Balaban J connectivity index is 2.48. The van der Waals surface area contributed by atoms with Crippen LogP contribution in [0.4, 0.5) is 5.69 Å². The van der Waals surface area contributed by atoms with Crippen molar-refractivity contribution >= 4 is 38.9 Å². The van der Waals surface area contributed by atoms with Crippen LogP contribution in [-0.4, -0.2) is 33.7 Å². The van der Waals surface area contributed by atoms with Gasteiger partial charge >= 0.3 is 0 Å². The van der Waals surface area contributed by atoms with Gasteiger partial charge < -0.3 is 4.74 Å². The molecule has 0 saturated heterocycles. The molecule has 0 radical (unpaired) electrons. The maximum atomic E-state index is 13.4. The van der Waals surface area contributed by atoms with E-state index in [-0.39, 0.29) is 21.7 Å². The lowest BCUT2D eigenvalue weighted by molar-refractivity contribution is -0.119. The van der Waals surface area contributed by atoms with Crippen molar-refractivity contribution in [1.82, 2.24) is 5.43 Å². The third-order valence-electron chi connectivity index (χ3n) is 4.46. The van der Waals surface area contributed by atoms with E-state index in [4.69, 9.17) is 16.3 Å². The van der Waals surface area contributed by atoms with Crippen LogP contribution in [0.15, 0.2) is 58.5 Å². The molecule has 9 heteroatoms. The minimum atomic E-state index is -4.08. The SMILES string of the molecule is COc1ccc(Cl)cc1N(CC(=O)N/N=C(/C)C(C)(C)C)S(=O)(=O)c1ccccc1. The predicted octanol–water partition coefficient (Wildman–Crippen LogP) is 4.08. The molecule has 0 aliphatic rings. The molecule has 1 amide bonds. The van der Waals surface area contributed by atoms with E-state index < -0.39 is 22.5 Å². The van der Waals surface area contributed by atoms with Crippen LogP contribution in [0.25, 0.3) is 0 Å². The van der Waals surface area contributed by atoms with Gasteiger partial charge in [-0.15, -0.1) is 0 Å². The van der Waals surface area contributed by atoms with Gasteiger partial charge in [-0.3, -0.25) is 9.10 Å². The molecule has 0 saturated carbocycles. The summed E-state index contributed by atoms with van der Waals surface area (Å²) in [7, 11) is -2.67. The molecule has 162 valence electrons. The molecule has 0 aromatic heterocycles. The summed E-state index contributed by atoms with van der Waals surface area (Å²) in [4.78, 5) is 12.7. The minimum absolute atomic E-state index is 0.0363. The standard InChI is InChI=1S/C21H26ClN3O4S/c1-15(21(2,3)4)23-24-20(26)14-25(18-13-16(22)11-12-19(18)29-5)30(27,28)17-9-7-6-8-10-17/h6-13H,14H2,1-5H3,(H,24,26)/b23-15-. The van der Waals surface area contributed by atoms with Gasteiger partial charge in [0.15, 0.2) is 0 Å². The van der Waals surface area contributed by atoms with E-state index in [9.17, 15) is 13.2 Å². The van der Waals surface area contributed by atoms with E-state index in [1.165, 1.54) is 25.3 Å². The number of anilines is 1. The van der Waals surface area contributed by atoms with E-state index in [1.54, 1.807) is 37.3 Å². The van der Waals surface area contributed by atoms with Crippen LogP contribution < -0.4 is 14.5 Å². The molecule has 0 spiro atoms. The van der Waals surface area contributed by atoms with Crippen LogP contribution >= 0.6 is 11.6 Å². The number of nitrogens with one attached hydrogen (secondary N) is 1. The number of sulfonamides is 1. The fourth-order valence-corrected chi connectivity index (χ4v) is 3.97. The zero-order chi connectivity index (χ0) is 22.5. The van der Waals surface area contributed by atoms with Gasteiger partial charge in [0, 0.05) is 16.1 Å². The van der Waals surface area contributed by atoms with Crippen molar-refractivity contribution in [2.24, 2.45) is 10.5 Å². The molecule has 30 heavy (non-hydrogen) atoms. The van der Waals surface area contributed by atoms with Gasteiger partial charge in [-0.1, -0.05) is 50.6 Å².